The highest BCUT2D eigenvalue weighted by Gasteiger charge is 2.26. The van der Waals surface area contributed by atoms with Crippen LogP contribution >= 0.6 is 0 Å². The van der Waals surface area contributed by atoms with Crippen LogP contribution in [-0.2, 0) is 4.79 Å². The first-order chi connectivity index (χ1) is 7.65. The lowest BCUT2D eigenvalue weighted by Crippen LogP contribution is -2.45. The van der Waals surface area contributed by atoms with Crippen LogP contribution in [0.4, 0.5) is 0 Å². The van der Waals surface area contributed by atoms with E-state index in [1.54, 1.807) is 0 Å². The first-order valence-electron chi connectivity index (χ1n) is 6.59. The number of rotatable bonds is 5. The number of piperidine rings is 1. The molecule has 0 spiro atoms. The van der Waals surface area contributed by atoms with Crippen molar-refractivity contribution >= 4 is 5.91 Å². The molecule has 0 aromatic rings. The van der Waals surface area contributed by atoms with E-state index in [0.29, 0.717) is 24.3 Å². The Morgan fingerprint density at radius 2 is 2.19 bits per heavy atom. The van der Waals surface area contributed by atoms with E-state index < -0.39 is 0 Å². The minimum atomic E-state index is 0.357. The summed E-state index contributed by atoms with van der Waals surface area (Å²) >= 11 is 0. The minimum absolute atomic E-state index is 0.357. The summed E-state index contributed by atoms with van der Waals surface area (Å²) in [6.07, 6.45) is 5.45. The Hall–Kier alpha value is -0.570. The molecule has 1 saturated heterocycles. The van der Waals surface area contributed by atoms with Gasteiger partial charge in [-0.2, -0.15) is 0 Å². The first kappa shape index (κ1) is 13.5. The molecule has 0 aliphatic carbocycles. The van der Waals surface area contributed by atoms with E-state index in [4.69, 9.17) is 0 Å². The van der Waals surface area contributed by atoms with Crippen LogP contribution in [0.3, 0.4) is 0 Å². The zero-order valence-electron chi connectivity index (χ0n) is 11.0. The molecule has 0 radical (unpaired) electrons. The molecular formula is C13H26N2O. The largest absolute Gasteiger partial charge is 0.340 e. The van der Waals surface area contributed by atoms with Gasteiger partial charge in [0.05, 0.1) is 0 Å². The van der Waals surface area contributed by atoms with Gasteiger partial charge in [-0.1, -0.05) is 13.8 Å². The fraction of sp³-hybridized carbons (Fsp3) is 0.923. The van der Waals surface area contributed by atoms with Crippen LogP contribution in [0.25, 0.3) is 0 Å². The Bertz CT molecular complexity index is 216. The van der Waals surface area contributed by atoms with Gasteiger partial charge in [-0.3, -0.25) is 4.79 Å². The molecule has 0 saturated carbocycles. The average Bonchev–Trinajstić information content (AvgIpc) is 2.25. The van der Waals surface area contributed by atoms with Gasteiger partial charge in [0.25, 0.3) is 0 Å². The first-order valence-corrected chi connectivity index (χ1v) is 6.59. The van der Waals surface area contributed by atoms with Gasteiger partial charge in [-0.05, 0) is 45.2 Å². The highest BCUT2D eigenvalue weighted by atomic mass is 16.2. The molecule has 1 aliphatic rings. The Balaban J connectivity index is 2.48. The van der Waals surface area contributed by atoms with Crippen LogP contribution in [0.1, 0.15) is 46.0 Å². The molecule has 94 valence electrons. The summed E-state index contributed by atoms with van der Waals surface area (Å²) in [5.41, 5.74) is 0. The summed E-state index contributed by atoms with van der Waals surface area (Å²) in [4.78, 5) is 14.2. The highest BCUT2D eigenvalue weighted by molar-refractivity contribution is 5.76. The second kappa shape index (κ2) is 6.89. The predicted molar refractivity (Wildman–Crippen MR) is 67.4 cm³/mol. The lowest BCUT2D eigenvalue weighted by molar-refractivity contribution is -0.135. The van der Waals surface area contributed by atoms with E-state index in [1.807, 2.05) is 7.05 Å². The van der Waals surface area contributed by atoms with Crippen molar-refractivity contribution in [2.75, 3.05) is 20.1 Å². The molecule has 1 rings (SSSR count). The lowest BCUT2D eigenvalue weighted by atomic mass is 9.98. The zero-order valence-corrected chi connectivity index (χ0v) is 11.0. The number of nitrogens with one attached hydrogen (secondary N) is 1. The Kier molecular flexibility index (Phi) is 5.81. The Morgan fingerprint density at radius 3 is 2.81 bits per heavy atom. The van der Waals surface area contributed by atoms with Gasteiger partial charge in [-0.15, -0.1) is 0 Å². The Labute approximate surface area is 99.6 Å². The van der Waals surface area contributed by atoms with Gasteiger partial charge >= 0.3 is 0 Å². The predicted octanol–water partition coefficient (Wildman–Crippen LogP) is 2.02. The normalized spacial score (nSPS) is 21.5. The topological polar surface area (TPSA) is 32.3 Å². The smallest absolute Gasteiger partial charge is 0.223 e. The number of hydrogen-bond acceptors (Lipinski definition) is 2. The van der Waals surface area contributed by atoms with Crippen molar-refractivity contribution in [3.63, 3.8) is 0 Å². The van der Waals surface area contributed by atoms with Crippen LogP contribution in [0.2, 0.25) is 0 Å². The summed E-state index contributed by atoms with van der Waals surface area (Å²) in [7, 11) is 1.98. The van der Waals surface area contributed by atoms with Gasteiger partial charge in [-0.25, -0.2) is 0 Å². The molecular weight excluding hydrogens is 200 g/mol. The van der Waals surface area contributed by atoms with Crippen LogP contribution in [0.5, 0.6) is 0 Å². The molecule has 16 heavy (non-hydrogen) atoms. The summed E-state index contributed by atoms with van der Waals surface area (Å²) < 4.78 is 0. The van der Waals surface area contributed by atoms with Gasteiger partial charge in [0.1, 0.15) is 0 Å². The van der Waals surface area contributed by atoms with Crippen molar-refractivity contribution in [2.45, 2.75) is 52.0 Å². The van der Waals surface area contributed by atoms with Gasteiger partial charge < -0.3 is 10.2 Å². The van der Waals surface area contributed by atoms with Gasteiger partial charge in [0.2, 0.25) is 5.91 Å². The molecule has 0 aromatic heterocycles. The number of amides is 1. The van der Waals surface area contributed by atoms with E-state index in [1.165, 1.54) is 19.3 Å². The number of likely N-dealkylation sites (tertiary alicyclic amines) is 1. The van der Waals surface area contributed by atoms with Crippen molar-refractivity contribution in [1.82, 2.24) is 10.2 Å². The number of carbonyl (C=O) groups is 1. The van der Waals surface area contributed by atoms with Crippen LogP contribution in [0.15, 0.2) is 0 Å². The summed E-state index contributed by atoms with van der Waals surface area (Å²) in [5, 5.41) is 3.18. The minimum Gasteiger partial charge on any atom is -0.340 e. The molecule has 3 heteroatoms. The average molecular weight is 226 g/mol. The lowest BCUT2D eigenvalue weighted by Gasteiger charge is -2.36. The van der Waals surface area contributed by atoms with Crippen molar-refractivity contribution in [3.8, 4) is 0 Å². The fourth-order valence-corrected chi connectivity index (χ4v) is 2.41. The maximum atomic E-state index is 12.1. The van der Waals surface area contributed by atoms with E-state index in [2.05, 4.69) is 24.1 Å². The molecule has 1 N–H and O–H groups in total. The van der Waals surface area contributed by atoms with Crippen molar-refractivity contribution in [3.05, 3.63) is 0 Å². The van der Waals surface area contributed by atoms with Crippen molar-refractivity contribution in [1.29, 1.82) is 0 Å². The number of carbonyl (C=O) groups excluding carboxylic acids is 1. The maximum absolute atomic E-state index is 12.1. The monoisotopic (exact) mass is 226 g/mol. The van der Waals surface area contributed by atoms with Crippen molar-refractivity contribution in [2.24, 2.45) is 5.92 Å². The molecule has 0 bridgehead atoms. The van der Waals surface area contributed by atoms with Crippen LogP contribution < -0.4 is 5.32 Å². The second-order valence-electron chi connectivity index (χ2n) is 5.23. The highest BCUT2D eigenvalue weighted by Crippen LogP contribution is 2.21. The Morgan fingerprint density at radius 1 is 1.44 bits per heavy atom. The second-order valence-corrected chi connectivity index (χ2v) is 5.23. The third kappa shape index (κ3) is 4.12. The van der Waals surface area contributed by atoms with E-state index >= 15 is 0 Å². The fourth-order valence-electron chi connectivity index (χ4n) is 2.41. The molecule has 0 aromatic carbocycles. The maximum Gasteiger partial charge on any atom is 0.223 e. The molecule has 1 heterocycles. The molecule has 3 nitrogen and oxygen atoms in total. The van der Waals surface area contributed by atoms with Crippen LogP contribution in [-0.4, -0.2) is 37.0 Å². The SMILES string of the molecule is CNCCC1CCCCN1C(=O)CC(C)C. The molecule has 1 amide bonds. The molecule has 1 atom stereocenters. The zero-order chi connectivity index (χ0) is 12.0. The summed E-state index contributed by atoms with van der Waals surface area (Å²) in [6, 6.07) is 0.479. The quantitative estimate of drug-likeness (QED) is 0.778. The van der Waals surface area contributed by atoms with E-state index in [-0.39, 0.29) is 0 Å². The molecule has 1 aliphatic heterocycles. The molecule has 1 fully saturated rings. The van der Waals surface area contributed by atoms with Crippen molar-refractivity contribution < 1.29 is 4.79 Å². The molecule has 1 unspecified atom stereocenters. The number of nitrogens with zero attached hydrogens (tertiary/aromatic N) is 1. The number of hydrogen-bond donors (Lipinski definition) is 1. The third-order valence-electron chi connectivity index (χ3n) is 3.26. The summed E-state index contributed by atoms with van der Waals surface area (Å²) in [6.45, 7) is 6.21. The summed E-state index contributed by atoms with van der Waals surface area (Å²) in [5.74, 6) is 0.829. The third-order valence-corrected chi connectivity index (χ3v) is 3.26. The van der Waals surface area contributed by atoms with Gasteiger partial charge in [0.15, 0.2) is 0 Å². The van der Waals surface area contributed by atoms with Crippen LogP contribution in [0, 0.1) is 5.92 Å². The van der Waals surface area contributed by atoms with E-state index in [9.17, 15) is 4.79 Å². The van der Waals surface area contributed by atoms with E-state index in [0.717, 1.165) is 19.5 Å². The van der Waals surface area contributed by atoms with Gasteiger partial charge in [0, 0.05) is 19.0 Å². The standard InChI is InChI=1S/C13H26N2O/c1-11(2)10-13(16)15-9-5-4-6-12(15)7-8-14-3/h11-12,14H,4-10H2,1-3H3.